The lowest BCUT2D eigenvalue weighted by Crippen LogP contribution is -2.42. The van der Waals surface area contributed by atoms with Gasteiger partial charge in [0, 0.05) is 12.1 Å². The molecule has 0 fully saturated rings. The molecule has 0 bridgehead atoms. The number of ether oxygens (including phenoxy) is 3. The van der Waals surface area contributed by atoms with Crippen LogP contribution in [0.15, 0.2) is 47.5 Å². The normalized spacial score (nSPS) is 15.6. The summed E-state index contributed by atoms with van der Waals surface area (Å²) in [5.74, 6) is -3.60. The average molecular weight is 403 g/mol. The highest BCUT2D eigenvalue weighted by molar-refractivity contribution is 6.21. The van der Waals surface area contributed by atoms with E-state index in [1.165, 1.54) is 17.0 Å². The van der Waals surface area contributed by atoms with Crippen molar-refractivity contribution in [3.8, 4) is 0 Å². The molecule has 2 rings (SSSR count). The van der Waals surface area contributed by atoms with Crippen LogP contribution in [0.2, 0.25) is 0 Å². The lowest BCUT2D eigenvalue weighted by atomic mass is 10.0. The topological polar surface area (TPSA) is 106 Å². The zero-order valence-electron chi connectivity index (χ0n) is 17.4. The highest BCUT2D eigenvalue weighted by atomic mass is 16.6. The van der Waals surface area contributed by atoms with E-state index in [1.807, 2.05) is 0 Å². The SMILES string of the molecule is CC(C)(C)OC(=O)/C(C1=C([O-])COC1=O)=C(\C(=O)OC(C)(C)C)[n+]1ccccc1. The number of pyridine rings is 1. The van der Waals surface area contributed by atoms with E-state index in [2.05, 4.69) is 0 Å². The molecule has 0 saturated heterocycles. The number of hydrogen-bond donors (Lipinski definition) is 0. The fourth-order valence-electron chi connectivity index (χ4n) is 2.49. The maximum atomic E-state index is 13.1. The third-order valence-corrected chi connectivity index (χ3v) is 3.47. The van der Waals surface area contributed by atoms with Gasteiger partial charge in [0.15, 0.2) is 18.0 Å². The molecule has 8 heteroatoms. The maximum Gasteiger partial charge on any atom is 0.405 e. The summed E-state index contributed by atoms with van der Waals surface area (Å²) in [6, 6.07) is 4.95. The van der Waals surface area contributed by atoms with Crippen LogP contribution in [-0.4, -0.2) is 35.7 Å². The maximum absolute atomic E-state index is 13.1. The van der Waals surface area contributed by atoms with Crippen molar-refractivity contribution in [3.63, 3.8) is 0 Å². The molecule has 2 heterocycles. The third kappa shape index (κ3) is 5.66. The summed E-state index contributed by atoms with van der Waals surface area (Å²) in [6.45, 7) is 9.36. The molecule has 1 aliphatic heterocycles. The summed E-state index contributed by atoms with van der Waals surface area (Å²) in [7, 11) is 0. The van der Waals surface area contributed by atoms with Crippen LogP contribution in [0.3, 0.4) is 0 Å². The van der Waals surface area contributed by atoms with Gasteiger partial charge in [-0.15, -0.1) is 0 Å². The van der Waals surface area contributed by atoms with Gasteiger partial charge >= 0.3 is 23.6 Å². The number of esters is 3. The molecule has 1 aromatic heterocycles. The van der Waals surface area contributed by atoms with Crippen LogP contribution in [-0.2, 0) is 28.6 Å². The van der Waals surface area contributed by atoms with Crippen molar-refractivity contribution in [1.29, 1.82) is 0 Å². The van der Waals surface area contributed by atoms with E-state index in [-0.39, 0.29) is 5.70 Å². The first-order valence-electron chi connectivity index (χ1n) is 9.05. The van der Waals surface area contributed by atoms with Gasteiger partial charge in [0.05, 0.1) is 5.57 Å². The van der Waals surface area contributed by atoms with E-state index >= 15 is 0 Å². The predicted octanol–water partition coefficient (Wildman–Crippen LogP) is 1.04. The molecular weight excluding hydrogens is 378 g/mol. The van der Waals surface area contributed by atoms with Crippen molar-refractivity contribution in [2.75, 3.05) is 6.61 Å². The summed E-state index contributed by atoms with van der Waals surface area (Å²) < 4.78 is 16.9. The highest BCUT2D eigenvalue weighted by Gasteiger charge is 2.41. The molecule has 0 aliphatic carbocycles. The first-order chi connectivity index (χ1) is 13.3. The molecule has 8 nitrogen and oxygen atoms in total. The quantitative estimate of drug-likeness (QED) is 0.320. The van der Waals surface area contributed by atoms with Crippen LogP contribution >= 0.6 is 0 Å². The number of hydrogen-bond acceptors (Lipinski definition) is 7. The first-order valence-corrected chi connectivity index (χ1v) is 9.05. The Morgan fingerprint density at radius 2 is 1.48 bits per heavy atom. The molecule has 0 amide bonds. The summed E-state index contributed by atoms with van der Waals surface area (Å²) in [4.78, 5) is 38.4. The minimum Gasteiger partial charge on any atom is -0.873 e. The zero-order valence-corrected chi connectivity index (χ0v) is 17.4. The van der Waals surface area contributed by atoms with E-state index < -0.39 is 52.6 Å². The van der Waals surface area contributed by atoms with Crippen LogP contribution in [0.5, 0.6) is 0 Å². The smallest absolute Gasteiger partial charge is 0.405 e. The number of rotatable bonds is 4. The van der Waals surface area contributed by atoms with E-state index in [1.54, 1.807) is 59.7 Å². The van der Waals surface area contributed by atoms with Gasteiger partial charge in [-0.25, -0.2) is 14.4 Å². The predicted molar refractivity (Wildman–Crippen MR) is 99.5 cm³/mol. The Hall–Kier alpha value is -3.16. The molecule has 156 valence electrons. The Balaban J connectivity index is 2.82. The highest BCUT2D eigenvalue weighted by Crippen LogP contribution is 2.28. The molecule has 1 aromatic rings. The Labute approximate surface area is 169 Å². The van der Waals surface area contributed by atoms with Crippen molar-refractivity contribution < 1.29 is 38.3 Å². The monoisotopic (exact) mass is 403 g/mol. The Kier molecular flexibility index (Phi) is 6.15. The molecule has 0 radical (unpaired) electrons. The van der Waals surface area contributed by atoms with Crippen LogP contribution < -0.4 is 9.67 Å². The van der Waals surface area contributed by atoms with Crippen LogP contribution in [0.1, 0.15) is 41.5 Å². The molecule has 0 N–H and O–H groups in total. The third-order valence-electron chi connectivity index (χ3n) is 3.47. The lowest BCUT2D eigenvalue weighted by Gasteiger charge is -2.22. The fraction of sp³-hybridized carbons (Fsp3) is 0.429. The molecule has 29 heavy (non-hydrogen) atoms. The fourth-order valence-corrected chi connectivity index (χ4v) is 2.49. The molecule has 0 unspecified atom stereocenters. The largest absolute Gasteiger partial charge is 0.873 e. The molecule has 0 saturated carbocycles. The van der Waals surface area contributed by atoms with Gasteiger partial charge in [-0.3, -0.25) is 0 Å². The van der Waals surface area contributed by atoms with Gasteiger partial charge in [-0.05, 0) is 41.5 Å². The van der Waals surface area contributed by atoms with Gasteiger partial charge in [-0.1, -0.05) is 11.8 Å². The number of aromatic nitrogens is 1. The molecule has 1 aliphatic rings. The minimum absolute atomic E-state index is 0.308. The Morgan fingerprint density at radius 3 is 1.93 bits per heavy atom. The van der Waals surface area contributed by atoms with Crippen LogP contribution in [0, 0.1) is 0 Å². The van der Waals surface area contributed by atoms with Crippen molar-refractivity contribution in [2.45, 2.75) is 52.7 Å². The van der Waals surface area contributed by atoms with Gasteiger partial charge in [0.2, 0.25) is 0 Å². The first kappa shape index (κ1) is 22.1. The summed E-state index contributed by atoms with van der Waals surface area (Å²) in [6.07, 6.45) is 2.99. The summed E-state index contributed by atoms with van der Waals surface area (Å²) >= 11 is 0. The number of carbonyl (C=O) groups is 3. The van der Waals surface area contributed by atoms with Crippen molar-refractivity contribution in [2.24, 2.45) is 0 Å². The Morgan fingerprint density at radius 1 is 0.966 bits per heavy atom. The second-order valence-electron chi connectivity index (χ2n) is 8.38. The van der Waals surface area contributed by atoms with E-state index in [9.17, 15) is 19.5 Å². The molecule has 0 aromatic carbocycles. The van der Waals surface area contributed by atoms with Crippen molar-refractivity contribution in [1.82, 2.24) is 0 Å². The second-order valence-corrected chi connectivity index (χ2v) is 8.38. The van der Waals surface area contributed by atoms with Crippen LogP contribution in [0.25, 0.3) is 5.70 Å². The lowest BCUT2D eigenvalue weighted by molar-refractivity contribution is -0.579. The van der Waals surface area contributed by atoms with E-state index in [0.717, 1.165) is 0 Å². The van der Waals surface area contributed by atoms with Gasteiger partial charge in [0.25, 0.3) is 0 Å². The van der Waals surface area contributed by atoms with Gasteiger partial charge < -0.3 is 19.3 Å². The minimum atomic E-state index is -1.00. The summed E-state index contributed by atoms with van der Waals surface area (Å²) in [5.41, 5.74) is -3.15. The zero-order chi connectivity index (χ0) is 22.0. The van der Waals surface area contributed by atoms with Gasteiger partial charge in [0.1, 0.15) is 17.8 Å². The number of nitrogens with zero attached hydrogens (tertiary/aromatic N) is 1. The van der Waals surface area contributed by atoms with Crippen molar-refractivity contribution >= 4 is 23.6 Å². The van der Waals surface area contributed by atoms with Crippen LogP contribution in [0.4, 0.5) is 0 Å². The van der Waals surface area contributed by atoms with Gasteiger partial charge in [-0.2, -0.15) is 4.57 Å². The summed E-state index contributed by atoms with van der Waals surface area (Å²) in [5, 5.41) is 12.4. The van der Waals surface area contributed by atoms with E-state index in [4.69, 9.17) is 14.2 Å². The standard InChI is InChI=1S/C21H25NO7/c1-20(2,3)28-18(25)15(14-13(23)12-27-17(14)24)16(19(26)29-21(4,5)6)22-10-8-7-9-11-22/h7-11H,12H2,1-6H3. The number of carbonyl (C=O) groups excluding carboxylic acids is 3. The van der Waals surface area contributed by atoms with Crippen molar-refractivity contribution in [3.05, 3.63) is 47.5 Å². The molecule has 0 atom stereocenters. The number of cyclic esters (lactones) is 1. The Bertz CT molecular complexity index is 884. The second kappa shape index (κ2) is 8.06. The molecule has 0 spiro atoms. The molecular formula is C21H25NO7. The van der Waals surface area contributed by atoms with E-state index in [0.29, 0.717) is 0 Å². The average Bonchev–Trinajstić information content (AvgIpc) is 2.88.